The molecule has 0 radical (unpaired) electrons. The van der Waals surface area contributed by atoms with Crippen molar-refractivity contribution in [1.29, 1.82) is 0 Å². The second-order valence-corrected chi connectivity index (χ2v) is 6.86. The molecule has 1 aromatic carbocycles. The Hall–Kier alpha value is -3.18. The van der Waals surface area contributed by atoms with E-state index in [4.69, 9.17) is 0 Å². The highest BCUT2D eigenvalue weighted by Crippen LogP contribution is 2.31. The van der Waals surface area contributed by atoms with Gasteiger partial charge in [-0.05, 0) is 30.7 Å². The van der Waals surface area contributed by atoms with Crippen molar-refractivity contribution in [3.05, 3.63) is 59.3 Å². The van der Waals surface area contributed by atoms with Gasteiger partial charge in [-0.15, -0.1) is 0 Å². The quantitative estimate of drug-likeness (QED) is 0.582. The smallest absolute Gasteiger partial charge is 0.348 e. The molecular weight excluding hydrogens is 433 g/mol. The summed E-state index contributed by atoms with van der Waals surface area (Å²) in [6.07, 6.45) is -7.21. The molecule has 0 fully saturated rings. The second kappa shape index (κ2) is 8.16. The molecule has 1 N–H and O–H groups in total. The molecule has 1 amide bonds. The third-order valence-electron chi connectivity index (χ3n) is 4.40. The number of nitrogens with zero attached hydrogens (tertiary/aromatic N) is 3. The van der Waals surface area contributed by atoms with Crippen LogP contribution in [-0.4, -0.2) is 26.8 Å². The molecule has 2 heterocycles. The minimum atomic E-state index is -4.84. The van der Waals surface area contributed by atoms with Crippen LogP contribution in [0.15, 0.2) is 36.7 Å². The minimum absolute atomic E-state index is 0.0482. The Morgan fingerprint density at radius 1 is 1.13 bits per heavy atom. The Morgan fingerprint density at radius 3 is 2.45 bits per heavy atom. The van der Waals surface area contributed by atoms with Gasteiger partial charge in [0.2, 0.25) is 5.91 Å². The van der Waals surface area contributed by atoms with Crippen molar-refractivity contribution in [2.75, 3.05) is 0 Å². The zero-order valence-corrected chi connectivity index (χ0v) is 15.9. The highest BCUT2D eigenvalue weighted by Gasteiger charge is 2.34. The number of carbonyl (C=O) groups excluding carboxylic acids is 1. The highest BCUT2D eigenvalue weighted by atomic mass is 19.4. The number of nitrogens with one attached hydrogen (secondary N) is 1. The first-order chi connectivity index (χ1) is 14.3. The van der Waals surface area contributed by atoms with Crippen LogP contribution in [0.2, 0.25) is 0 Å². The third-order valence-corrected chi connectivity index (χ3v) is 4.40. The molecule has 0 aliphatic carbocycles. The van der Waals surface area contributed by atoms with Crippen LogP contribution in [0.3, 0.4) is 0 Å². The minimum Gasteiger partial charge on any atom is -0.348 e. The Morgan fingerprint density at radius 2 is 1.84 bits per heavy atom. The zero-order valence-electron chi connectivity index (χ0n) is 15.9. The normalized spacial score (nSPS) is 13.4. The number of benzene rings is 1. The molecule has 0 spiro atoms. The summed E-state index contributed by atoms with van der Waals surface area (Å²) in [7, 11) is 0. The third kappa shape index (κ3) is 5.50. The van der Waals surface area contributed by atoms with E-state index >= 15 is 0 Å². The number of fused-ring (bicyclic) bond motifs is 1. The monoisotopic (exact) mass is 448 g/mol. The average molecular weight is 448 g/mol. The van der Waals surface area contributed by atoms with Crippen molar-refractivity contribution in [3.63, 3.8) is 0 Å². The maximum Gasteiger partial charge on any atom is 0.419 e. The zero-order chi connectivity index (χ0) is 23.0. The molecule has 1 atom stereocenters. The predicted octanol–water partition coefficient (Wildman–Crippen LogP) is 4.57. The van der Waals surface area contributed by atoms with Crippen LogP contribution in [0.4, 0.5) is 30.7 Å². The van der Waals surface area contributed by atoms with Crippen LogP contribution in [-0.2, 0) is 23.9 Å². The number of amides is 1. The molecular formula is C19H15F7N4O. The SMILES string of the molecule is C[C@@H](NC(=O)Cc1ccc(C(F)(F)F)c(F)c1)c1cc2cnn(CC(F)(F)F)c2cn1. The molecule has 12 heteroatoms. The lowest BCUT2D eigenvalue weighted by Gasteiger charge is -2.14. The predicted molar refractivity (Wildman–Crippen MR) is 95.2 cm³/mol. The molecule has 0 bridgehead atoms. The van der Waals surface area contributed by atoms with E-state index < -0.39 is 42.2 Å². The lowest BCUT2D eigenvalue weighted by molar-refractivity contribution is -0.142. The Bertz CT molecular complexity index is 1100. The molecule has 166 valence electrons. The van der Waals surface area contributed by atoms with E-state index in [9.17, 15) is 35.5 Å². The van der Waals surface area contributed by atoms with Gasteiger partial charge in [-0.3, -0.25) is 14.5 Å². The van der Waals surface area contributed by atoms with E-state index in [0.29, 0.717) is 23.2 Å². The van der Waals surface area contributed by atoms with Crippen molar-refractivity contribution in [1.82, 2.24) is 20.1 Å². The number of pyridine rings is 1. The van der Waals surface area contributed by atoms with E-state index in [1.807, 2.05) is 0 Å². The lowest BCUT2D eigenvalue weighted by atomic mass is 10.1. The molecule has 0 unspecified atom stereocenters. The van der Waals surface area contributed by atoms with Gasteiger partial charge in [0.05, 0.1) is 41.6 Å². The molecule has 5 nitrogen and oxygen atoms in total. The fourth-order valence-corrected chi connectivity index (χ4v) is 2.98. The summed E-state index contributed by atoms with van der Waals surface area (Å²) in [5.74, 6) is -2.07. The number of hydrogen-bond acceptors (Lipinski definition) is 3. The molecule has 0 aliphatic rings. The Labute approximate surface area is 170 Å². The maximum absolute atomic E-state index is 13.6. The summed E-state index contributed by atoms with van der Waals surface area (Å²) in [6, 6.07) is 3.03. The van der Waals surface area contributed by atoms with Crippen molar-refractivity contribution < 1.29 is 35.5 Å². The van der Waals surface area contributed by atoms with E-state index in [1.54, 1.807) is 6.92 Å². The second-order valence-electron chi connectivity index (χ2n) is 6.86. The van der Waals surface area contributed by atoms with E-state index in [1.165, 1.54) is 18.5 Å². The summed E-state index contributed by atoms with van der Waals surface area (Å²) < 4.78 is 89.9. The number of aromatic nitrogens is 3. The number of rotatable bonds is 5. The van der Waals surface area contributed by atoms with Crippen LogP contribution >= 0.6 is 0 Å². The number of hydrogen-bond donors (Lipinski definition) is 1. The van der Waals surface area contributed by atoms with E-state index in [-0.39, 0.29) is 17.5 Å². The van der Waals surface area contributed by atoms with Crippen molar-refractivity contribution in [2.45, 2.75) is 38.3 Å². The van der Waals surface area contributed by atoms with Gasteiger partial charge in [-0.1, -0.05) is 6.07 Å². The molecule has 31 heavy (non-hydrogen) atoms. The van der Waals surface area contributed by atoms with Crippen molar-refractivity contribution in [2.24, 2.45) is 0 Å². The molecule has 0 saturated heterocycles. The number of alkyl halides is 6. The highest BCUT2D eigenvalue weighted by molar-refractivity contribution is 5.80. The first-order valence-electron chi connectivity index (χ1n) is 8.86. The van der Waals surface area contributed by atoms with Crippen LogP contribution in [0.1, 0.15) is 29.8 Å². The molecule has 3 aromatic rings. The van der Waals surface area contributed by atoms with E-state index in [0.717, 1.165) is 10.7 Å². The summed E-state index contributed by atoms with van der Waals surface area (Å²) in [4.78, 5) is 16.2. The van der Waals surface area contributed by atoms with Gasteiger partial charge in [0.1, 0.15) is 12.4 Å². The summed E-state index contributed by atoms with van der Waals surface area (Å²) in [5.41, 5.74) is -0.869. The molecule has 2 aromatic heterocycles. The van der Waals surface area contributed by atoms with Gasteiger partial charge in [0.25, 0.3) is 0 Å². The van der Waals surface area contributed by atoms with Gasteiger partial charge in [0, 0.05) is 5.39 Å². The fourth-order valence-electron chi connectivity index (χ4n) is 2.98. The largest absolute Gasteiger partial charge is 0.419 e. The fraction of sp³-hybridized carbons (Fsp3) is 0.316. The Balaban J connectivity index is 1.68. The van der Waals surface area contributed by atoms with Crippen molar-refractivity contribution >= 4 is 16.8 Å². The van der Waals surface area contributed by atoms with Crippen LogP contribution in [0.25, 0.3) is 10.9 Å². The van der Waals surface area contributed by atoms with Gasteiger partial charge in [-0.25, -0.2) is 4.39 Å². The van der Waals surface area contributed by atoms with E-state index in [2.05, 4.69) is 15.4 Å². The van der Waals surface area contributed by atoms with Gasteiger partial charge >= 0.3 is 12.4 Å². The summed E-state index contributed by atoms with van der Waals surface area (Å²) in [5, 5.41) is 6.64. The van der Waals surface area contributed by atoms with Crippen LogP contribution in [0, 0.1) is 5.82 Å². The van der Waals surface area contributed by atoms with Crippen molar-refractivity contribution in [3.8, 4) is 0 Å². The first-order valence-corrected chi connectivity index (χ1v) is 8.86. The topological polar surface area (TPSA) is 59.8 Å². The molecule has 3 rings (SSSR count). The maximum atomic E-state index is 13.6. The van der Waals surface area contributed by atoms with Crippen LogP contribution < -0.4 is 5.32 Å². The molecule has 0 saturated carbocycles. The van der Waals surface area contributed by atoms with Gasteiger partial charge in [0.15, 0.2) is 0 Å². The summed E-state index contributed by atoms with van der Waals surface area (Å²) >= 11 is 0. The standard InChI is InChI=1S/C19H15F7N4O/c1-10(15-6-12-7-28-30(9-18(21,22)23)16(12)8-27-15)29-17(31)5-11-2-3-13(14(20)4-11)19(24,25)26/h2-4,6-8,10H,5,9H2,1H3,(H,29,31)/t10-/m1/s1. The first kappa shape index (κ1) is 22.5. The van der Waals surface area contributed by atoms with Crippen LogP contribution in [0.5, 0.6) is 0 Å². The van der Waals surface area contributed by atoms with Gasteiger partial charge in [-0.2, -0.15) is 31.4 Å². The number of halogens is 7. The number of carbonyl (C=O) groups is 1. The van der Waals surface area contributed by atoms with Gasteiger partial charge < -0.3 is 5.32 Å². The molecule has 0 aliphatic heterocycles. The average Bonchev–Trinajstić information content (AvgIpc) is 3.01. The lowest BCUT2D eigenvalue weighted by Crippen LogP contribution is -2.28. The summed E-state index contributed by atoms with van der Waals surface area (Å²) in [6.45, 7) is 0.299. The Kier molecular flexibility index (Phi) is 5.92.